The van der Waals surface area contributed by atoms with E-state index in [1.54, 1.807) is 0 Å². The smallest absolute Gasteiger partial charge is 0.251 e. The number of ketones is 1. The molecule has 4 heteroatoms. The third kappa shape index (κ3) is 7.03. The molecule has 0 bridgehead atoms. The normalized spacial score (nSPS) is 11.8. The number of benzene rings is 4. The number of rotatable bonds is 10. The van der Waals surface area contributed by atoms with Gasteiger partial charge in [-0.3, -0.25) is 9.59 Å². The molecule has 3 nitrogen and oxygen atoms in total. The lowest BCUT2D eigenvalue weighted by atomic mass is 9.97. The molecule has 0 aliphatic carbocycles. The first-order valence-electron chi connectivity index (χ1n) is 12.1. The molecule has 1 N–H and O–H groups in total. The highest BCUT2D eigenvalue weighted by Crippen LogP contribution is 2.19. The SMILES string of the molecule is Cc1ccc2cc(C(=O)N[C@@H](Cc3ccc(Cl)cc3)C(=O)CCCCc3ccccc3)ccc2c1. The number of halogens is 1. The van der Waals surface area contributed by atoms with Crippen LogP contribution in [0.2, 0.25) is 5.02 Å². The first-order valence-corrected chi connectivity index (χ1v) is 12.5. The van der Waals surface area contributed by atoms with Crippen LogP contribution in [0.5, 0.6) is 0 Å². The molecule has 0 radical (unpaired) electrons. The number of hydrogen-bond acceptors (Lipinski definition) is 2. The van der Waals surface area contributed by atoms with Crippen molar-refractivity contribution in [2.75, 3.05) is 0 Å². The van der Waals surface area contributed by atoms with Gasteiger partial charge in [-0.1, -0.05) is 83.9 Å². The zero-order valence-electron chi connectivity index (χ0n) is 20.0. The summed E-state index contributed by atoms with van der Waals surface area (Å²) in [6.07, 6.45) is 3.53. The van der Waals surface area contributed by atoms with Gasteiger partial charge in [0, 0.05) is 17.0 Å². The van der Waals surface area contributed by atoms with Gasteiger partial charge in [-0.2, -0.15) is 0 Å². The molecule has 1 atom stereocenters. The van der Waals surface area contributed by atoms with Crippen molar-refractivity contribution in [2.45, 2.75) is 45.1 Å². The van der Waals surface area contributed by atoms with Gasteiger partial charge in [0.2, 0.25) is 0 Å². The van der Waals surface area contributed by atoms with Crippen LogP contribution >= 0.6 is 11.6 Å². The Morgan fingerprint density at radius 3 is 2.29 bits per heavy atom. The van der Waals surface area contributed by atoms with Gasteiger partial charge in [0.15, 0.2) is 5.78 Å². The van der Waals surface area contributed by atoms with Crippen molar-refractivity contribution in [1.29, 1.82) is 0 Å². The second-order valence-corrected chi connectivity index (χ2v) is 9.52. The van der Waals surface area contributed by atoms with Crippen molar-refractivity contribution in [1.82, 2.24) is 5.32 Å². The van der Waals surface area contributed by atoms with Crippen molar-refractivity contribution in [3.63, 3.8) is 0 Å². The van der Waals surface area contributed by atoms with Crippen molar-refractivity contribution in [2.24, 2.45) is 0 Å². The lowest BCUT2D eigenvalue weighted by molar-refractivity contribution is -0.121. The van der Waals surface area contributed by atoms with Crippen molar-refractivity contribution >= 4 is 34.1 Å². The molecule has 0 fully saturated rings. The summed E-state index contributed by atoms with van der Waals surface area (Å²) in [5.74, 6) is -0.179. The van der Waals surface area contributed by atoms with E-state index >= 15 is 0 Å². The number of Topliss-reactive ketones (excluding diaryl/α,β-unsaturated/α-hetero) is 1. The van der Waals surface area contributed by atoms with Crippen LogP contribution in [-0.2, 0) is 17.6 Å². The van der Waals surface area contributed by atoms with Gasteiger partial charge in [0.1, 0.15) is 0 Å². The Hall–Kier alpha value is -3.43. The molecule has 0 saturated heterocycles. The summed E-state index contributed by atoms with van der Waals surface area (Å²) < 4.78 is 0. The maximum atomic E-state index is 13.2. The van der Waals surface area contributed by atoms with E-state index in [0.717, 1.165) is 35.6 Å². The summed E-state index contributed by atoms with van der Waals surface area (Å²) in [6.45, 7) is 2.05. The molecule has 0 aliphatic heterocycles. The molecule has 0 aliphatic rings. The number of nitrogens with one attached hydrogen (secondary N) is 1. The molecule has 4 rings (SSSR count). The summed E-state index contributed by atoms with van der Waals surface area (Å²) in [4.78, 5) is 26.3. The van der Waals surface area contributed by atoms with Crippen molar-refractivity contribution in [3.8, 4) is 0 Å². The fourth-order valence-corrected chi connectivity index (χ4v) is 4.42. The quantitative estimate of drug-likeness (QED) is 0.244. The molecule has 0 saturated carbocycles. The average molecular weight is 484 g/mol. The maximum absolute atomic E-state index is 13.2. The molecule has 0 heterocycles. The summed E-state index contributed by atoms with van der Waals surface area (Å²) in [5.41, 5.74) is 3.97. The minimum absolute atomic E-state index is 0.0535. The van der Waals surface area contributed by atoms with Gasteiger partial charge >= 0.3 is 0 Å². The fraction of sp³-hybridized carbons (Fsp3) is 0.226. The van der Waals surface area contributed by atoms with Crippen LogP contribution in [0.15, 0.2) is 91.0 Å². The maximum Gasteiger partial charge on any atom is 0.251 e. The zero-order chi connectivity index (χ0) is 24.6. The predicted octanol–water partition coefficient (Wildman–Crippen LogP) is 7.12. The van der Waals surface area contributed by atoms with Crippen LogP contribution in [0.3, 0.4) is 0 Å². The van der Waals surface area contributed by atoms with E-state index in [4.69, 9.17) is 11.6 Å². The average Bonchev–Trinajstić information content (AvgIpc) is 2.87. The highest BCUT2D eigenvalue weighted by atomic mass is 35.5. The van der Waals surface area contributed by atoms with E-state index in [1.807, 2.05) is 79.7 Å². The van der Waals surface area contributed by atoms with E-state index in [2.05, 4.69) is 23.5 Å². The molecule has 35 heavy (non-hydrogen) atoms. The lowest BCUT2D eigenvalue weighted by Crippen LogP contribution is -2.42. The summed E-state index contributed by atoms with van der Waals surface area (Å²) in [5, 5.41) is 5.75. The number of fused-ring (bicyclic) bond motifs is 1. The molecular formula is C31H30ClNO2. The van der Waals surface area contributed by atoms with Gasteiger partial charge in [0.05, 0.1) is 6.04 Å². The highest BCUT2D eigenvalue weighted by Gasteiger charge is 2.22. The van der Waals surface area contributed by atoms with Gasteiger partial charge in [-0.05, 0) is 78.8 Å². The Morgan fingerprint density at radius 1 is 0.800 bits per heavy atom. The molecule has 0 aromatic heterocycles. The number of hydrogen-bond donors (Lipinski definition) is 1. The monoisotopic (exact) mass is 483 g/mol. The zero-order valence-corrected chi connectivity index (χ0v) is 20.7. The lowest BCUT2D eigenvalue weighted by Gasteiger charge is -2.18. The molecule has 0 spiro atoms. The molecule has 4 aromatic rings. The van der Waals surface area contributed by atoms with E-state index in [1.165, 1.54) is 11.1 Å². The number of amides is 1. The Bertz CT molecular complexity index is 1300. The van der Waals surface area contributed by atoms with E-state index < -0.39 is 6.04 Å². The third-order valence-corrected chi connectivity index (χ3v) is 6.54. The van der Waals surface area contributed by atoms with Crippen LogP contribution in [0, 0.1) is 6.92 Å². The molecule has 4 aromatic carbocycles. The number of carbonyl (C=O) groups excluding carboxylic acids is 2. The second kappa shape index (κ2) is 11.8. The van der Waals surface area contributed by atoms with E-state index in [0.29, 0.717) is 23.4 Å². The van der Waals surface area contributed by atoms with Gasteiger partial charge < -0.3 is 5.32 Å². The summed E-state index contributed by atoms with van der Waals surface area (Å²) in [6, 6.07) is 28.9. The van der Waals surface area contributed by atoms with E-state index in [-0.39, 0.29) is 11.7 Å². The first kappa shape index (κ1) is 24.7. The largest absolute Gasteiger partial charge is 0.342 e. The molecule has 178 valence electrons. The third-order valence-electron chi connectivity index (χ3n) is 6.29. The second-order valence-electron chi connectivity index (χ2n) is 9.08. The Balaban J connectivity index is 1.44. The van der Waals surface area contributed by atoms with Crippen molar-refractivity contribution < 1.29 is 9.59 Å². The standard InChI is InChI=1S/C31H30ClNO2/c1-22-11-14-26-21-27(16-15-25(26)19-22)31(35)33-29(20-24-12-17-28(32)18-13-24)30(34)10-6-5-9-23-7-3-2-4-8-23/h2-4,7-8,11-19,21,29H,5-6,9-10,20H2,1H3,(H,33,35)/t29-/m0/s1. The minimum atomic E-state index is -0.589. The van der Waals surface area contributed by atoms with Crippen LogP contribution in [0.4, 0.5) is 0 Å². The van der Waals surface area contributed by atoms with Crippen LogP contribution in [0.1, 0.15) is 46.3 Å². The Labute approximate surface area is 212 Å². The van der Waals surface area contributed by atoms with Gasteiger partial charge in [0.25, 0.3) is 5.91 Å². The number of carbonyl (C=O) groups is 2. The molecule has 0 unspecified atom stereocenters. The highest BCUT2D eigenvalue weighted by molar-refractivity contribution is 6.30. The van der Waals surface area contributed by atoms with Gasteiger partial charge in [-0.15, -0.1) is 0 Å². The van der Waals surface area contributed by atoms with Crippen LogP contribution < -0.4 is 5.32 Å². The number of unbranched alkanes of at least 4 members (excludes halogenated alkanes) is 1. The summed E-state index contributed by atoms with van der Waals surface area (Å²) >= 11 is 6.03. The number of aryl methyl sites for hydroxylation is 2. The summed E-state index contributed by atoms with van der Waals surface area (Å²) in [7, 11) is 0. The minimum Gasteiger partial charge on any atom is -0.342 e. The van der Waals surface area contributed by atoms with Crippen LogP contribution in [0.25, 0.3) is 10.8 Å². The van der Waals surface area contributed by atoms with Crippen LogP contribution in [-0.4, -0.2) is 17.7 Å². The Morgan fingerprint density at radius 2 is 1.51 bits per heavy atom. The molecular weight excluding hydrogens is 454 g/mol. The fourth-order valence-electron chi connectivity index (χ4n) is 4.30. The molecule has 1 amide bonds. The predicted molar refractivity (Wildman–Crippen MR) is 144 cm³/mol. The first-order chi connectivity index (χ1) is 17.0. The van der Waals surface area contributed by atoms with Gasteiger partial charge in [-0.25, -0.2) is 0 Å². The topological polar surface area (TPSA) is 46.2 Å². The van der Waals surface area contributed by atoms with Crippen molar-refractivity contribution in [3.05, 3.63) is 118 Å². The van der Waals surface area contributed by atoms with E-state index in [9.17, 15) is 9.59 Å². The Kier molecular flexibility index (Phi) is 8.33.